The van der Waals surface area contributed by atoms with Gasteiger partial charge in [-0.25, -0.2) is 13.2 Å². The van der Waals surface area contributed by atoms with E-state index in [9.17, 15) is 18.0 Å². The summed E-state index contributed by atoms with van der Waals surface area (Å²) in [6, 6.07) is 11.6. The number of aryl methyl sites for hydroxylation is 1. The van der Waals surface area contributed by atoms with Crippen LogP contribution in [0.3, 0.4) is 0 Å². The zero-order valence-corrected chi connectivity index (χ0v) is 14.4. The molecule has 0 aliphatic rings. The molecule has 0 saturated heterocycles. The standard InChI is InChI=1S/C17H16N2O5S/c1-11-3-9-15(10-4-11)25(23,24)16(12(2)20)19-18-14-7-5-13(6-8-14)17(21)22/h3-10,18H,1-2H3,(H,21,22)/b19-16-. The van der Waals surface area contributed by atoms with Crippen molar-refractivity contribution >= 4 is 32.3 Å². The topological polar surface area (TPSA) is 113 Å². The molecule has 2 aromatic rings. The average Bonchev–Trinajstić information content (AvgIpc) is 2.55. The molecule has 0 heterocycles. The lowest BCUT2D eigenvalue weighted by molar-refractivity contribution is -0.110. The Bertz CT molecular complexity index is 930. The Morgan fingerprint density at radius 3 is 2.04 bits per heavy atom. The van der Waals surface area contributed by atoms with Crippen LogP contribution in [0.4, 0.5) is 5.69 Å². The summed E-state index contributed by atoms with van der Waals surface area (Å²) in [4.78, 5) is 22.5. The van der Waals surface area contributed by atoms with Crippen LogP contribution in [0.15, 0.2) is 58.5 Å². The number of carbonyl (C=O) groups excluding carboxylic acids is 1. The molecule has 2 aromatic carbocycles. The minimum Gasteiger partial charge on any atom is -0.478 e. The quantitative estimate of drug-likeness (QED) is 0.481. The molecule has 0 aromatic heterocycles. The van der Waals surface area contributed by atoms with Crippen molar-refractivity contribution < 1.29 is 23.1 Å². The van der Waals surface area contributed by atoms with Crippen LogP contribution in [0.25, 0.3) is 0 Å². The van der Waals surface area contributed by atoms with Gasteiger partial charge in [0.2, 0.25) is 14.9 Å². The average molecular weight is 360 g/mol. The molecule has 0 fully saturated rings. The van der Waals surface area contributed by atoms with Crippen LogP contribution in [-0.2, 0) is 14.6 Å². The van der Waals surface area contributed by atoms with Gasteiger partial charge < -0.3 is 5.11 Å². The Morgan fingerprint density at radius 2 is 1.56 bits per heavy atom. The van der Waals surface area contributed by atoms with E-state index in [1.165, 1.54) is 36.4 Å². The molecule has 0 aliphatic carbocycles. The summed E-state index contributed by atoms with van der Waals surface area (Å²) >= 11 is 0. The van der Waals surface area contributed by atoms with Crippen molar-refractivity contribution in [3.05, 3.63) is 59.7 Å². The molecule has 25 heavy (non-hydrogen) atoms. The second-order valence-electron chi connectivity index (χ2n) is 5.28. The molecule has 8 heteroatoms. The van der Waals surface area contributed by atoms with Crippen molar-refractivity contribution in [3.8, 4) is 0 Å². The first-order chi connectivity index (χ1) is 11.7. The Morgan fingerprint density at radius 1 is 1.00 bits per heavy atom. The van der Waals surface area contributed by atoms with Gasteiger partial charge in [-0.2, -0.15) is 5.10 Å². The van der Waals surface area contributed by atoms with Crippen molar-refractivity contribution in [2.45, 2.75) is 18.7 Å². The molecule has 130 valence electrons. The van der Waals surface area contributed by atoms with Crippen LogP contribution >= 0.6 is 0 Å². The molecule has 0 bridgehead atoms. The summed E-state index contributed by atoms with van der Waals surface area (Å²) in [5.74, 6) is -1.79. The van der Waals surface area contributed by atoms with E-state index in [0.29, 0.717) is 5.69 Å². The third kappa shape index (κ3) is 4.30. The van der Waals surface area contributed by atoms with E-state index in [1.807, 2.05) is 6.92 Å². The van der Waals surface area contributed by atoms with E-state index < -0.39 is 26.6 Å². The molecular weight excluding hydrogens is 344 g/mol. The smallest absolute Gasteiger partial charge is 0.335 e. The minimum absolute atomic E-state index is 0.0323. The number of rotatable bonds is 5. The van der Waals surface area contributed by atoms with E-state index in [2.05, 4.69) is 10.5 Å². The number of aromatic carboxylic acids is 1. The van der Waals surface area contributed by atoms with E-state index in [-0.39, 0.29) is 10.5 Å². The van der Waals surface area contributed by atoms with Crippen LogP contribution in [-0.4, -0.2) is 30.3 Å². The van der Waals surface area contributed by atoms with Crippen molar-refractivity contribution in [1.82, 2.24) is 0 Å². The van der Waals surface area contributed by atoms with Crippen LogP contribution in [0, 0.1) is 6.92 Å². The van der Waals surface area contributed by atoms with E-state index >= 15 is 0 Å². The zero-order valence-electron chi connectivity index (χ0n) is 13.6. The number of carbonyl (C=O) groups is 2. The van der Waals surface area contributed by atoms with Gasteiger partial charge in [0, 0.05) is 6.92 Å². The highest BCUT2D eigenvalue weighted by Crippen LogP contribution is 2.16. The lowest BCUT2D eigenvalue weighted by atomic mass is 10.2. The maximum absolute atomic E-state index is 12.6. The summed E-state index contributed by atoms with van der Waals surface area (Å²) in [5, 5.41) is 11.9. The molecule has 0 saturated carbocycles. The Labute approximate surface area is 144 Å². The number of sulfone groups is 1. The number of hydrogen-bond acceptors (Lipinski definition) is 6. The van der Waals surface area contributed by atoms with E-state index in [4.69, 9.17) is 5.11 Å². The fraction of sp³-hybridized carbons (Fsp3) is 0.118. The molecule has 0 atom stereocenters. The Balaban J connectivity index is 2.33. The third-order valence-electron chi connectivity index (χ3n) is 3.31. The van der Waals surface area contributed by atoms with Crippen LogP contribution in [0.1, 0.15) is 22.8 Å². The van der Waals surface area contributed by atoms with Crippen LogP contribution < -0.4 is 5.43 Å². The number of Topliss-reactive ketones (excluding diaryl/α,β-unsaturated/α-hetero) is 1. The second kappa shape index (κ2) is 7.27. The first-order valence-corrected chi connectivity index (χ1v) is 8.70. The predicted molar refractivity (Wildman–Crippen MR) is 93.5 cm³/mol. The number of hydrazone groups is 1. The van der Waals surface area contributed by atoms with Gasteiger partial charge in [-0.1, -0.05) is 17.7 Å². The molecule has 0 amide bonds. The Kier molecular flexibility index (Phi) is 5.33. The predicted octanol–water partition coefficient (Wildman–Crippen LogP) is 2.48. The van der Waals surface area contributed by atoms with Crippen molar-refractivity contribution in [1.29, 1.82) is 0 Å². The monoisotopic (exact) mass is 360 g/mol. The molecule has 0 radical (unpaired) electrons. The summed E-state index contributed by atoms with van der Waals surface area (Å²) in [6.45, 7) is 2.93. The Hall–Kier alpha value is -3.00. The molecule has 0 spiro atoms. The number of benzene rings is 2. The van der Waals surface area contributed by atoms with E-state index in [1.54, 1.807) is 12.1 Å². The lowest BCUT2D eigenvalue weighted by Gasteiger charge is -2.07. The SMILES string of the molecule is CC(=O)/C(=N/Nc1ccc(C(=O)O)cc1)S(=O)(=O)c1ccc(C)cc1. The number of hydrogen-bond donors (Lipinski definition) is 2. The van der Waals surface area contributed by atoms with Gasteiger partial charge in [0.25, 0.3) is 0 Å². The van der Waals surface area contributed by atoms with Gasteiger partial charge in [0.15, 0.2) is 5.78 Å². The number of carboxylic acids is 1. The lowest BCUT2D eigenvalue weighted by Crippen LogP contribution is -2.24. The van der Waals surface area contributed by atoms with Gasteiger partial charge in [0.05, 0.1) is 16.1 Å². The van der Waals surface area contributed by atoms with E-state index in [0.717, 1.165) is 12.5 Å². The van der Waals surface area contributed by atoms with Gasteiger partial charge in [-0.3, -0.25) is 10.2 Å². The number of nitrogens with one attached hydrogen (secondary N) is 1. The zero-order chi connectivity index (χ0) is 18.6. The summed E-state index contributed by atoms with van der Waals surface area (Å²) in [7, 11) is -4.06. The van der Waals surface area contributed by atoms with Crippen molar-refractivity contribution in [2.75, 3.05) is 5.43 Å². The highest BCUT2D eigenvalue weighted by Gasteiger charge is 2.26. The molecule has 0 unspecified atom stereocenters. The fourth-order valence-corrected chi connectivity index (χ4v) is 3.22. The summed E-state index contributed by atoms with van der Waals surface area (Å²) in [5.41, 5.74) is 3.79. The van der Waals surface area contributed by atoms with Crippen molar-refractivity contribution in [3.63, 3.8) is 0 Å². The number of carboxylic acid groups (broad SMARTS) is 1. The highest BCUT2D eigenvalue weighted by atomic mass is 32.2. The van der Waals surface area contributed by atoms with Crippen molar-refractivity contribution in [2.24, 2.45) is 5.10 Å². The molecular formula is C17H16N2O5S. The molecule has 2 rings (SSSR count). The largest absolute Gasteiger partial charge is 0.478 e. The summed E-state index contributed by atoms with van der Waals surface area (Å²) < 4.78 is 25.2. The molecule has 2 N–H and O–H groups in total. The normalized spacial score (nSPS) is 11.8. The highest BCUT2D eigenvalue weighted by molar-refractivity contribution is 8.08. The fourth-order valence-electron chi connectivity index (χ4n) is 1.96. The second-order valence-corrected chi connectivity index (χ2v) is 7.15. The third-order valence-corrected chi connectivity index (χ3v) is 5.09. The van der Waals surface area contributed by atoms with Crippen LogP contribution in [0.2, 0.25) is 0 Å². The van der Waals surface area contributed by atoms with Gasteiger partial charge in [-0.15, -0.1) is 0 Å². The van der Waals surface area contributed by atoms with Gasteiger partial charge in [0.1, 0.15) is 0 Å². The molecule has 7 nitrogen and oxygen atoms in total. The summed E-state index contributed by atoms with van der Waals surface area (Å²) in [6.07, 6.45) is 0. The minimum atomic E-state index is -4.06. The van der Waals surface area contributed by atoms with Crippen LogP contribution in [0.5, 0.6) is 0 Å². The maximum atomic E-state index is 12.6. The van der Waals surface area contributed by atoms with Gasteiger partial charge >= 0.3 is 5.97 Å². The number of ketones is 1. The molecule has 0 aliphatic heterocycles. The first kappa shape index (κ1) is 18.3. The maximum Gasteiger partial charge on any atom is 0.335 e. The number of anilines is 1. The first-order valence-electron chi connectivity index (χ1n) is 7.21. The van der Waals surface area contributed by atoms with Gasteiger partial charge in [-0.05, 0) is 43.3 Å². The number of nitrogens with zero attached hydrogens (tertiary/aromatic N) is 1.